The third-order valence-corrected chi connectivity index (χ3v) is 4.11. The fourth-order valence-electron chi connectivity index (χ4n) is 1.76. The van der Waals surface area contributed by atoms with Crippen molar-refractivity contribution >= 4 is 45.0 Å². The maximum Gasteiger partial charge on any atom is 0.351 e. The number of benzene rings is 1. The van der Waals surface area contributed by atoms with Gasteiger partial charge in [-0.3, -0.25) is 4.79 Å². The number of hydrogen-bond donors (Lipinski definition) is 0. The number of thiophene rings is 1. The van der Waals surface area contributed by atoms with Gasteiger partial charge in [-0.2, -0.15) is 0 Å². The summed E-state index contributed by atoms with van der Waals surface area (Å²) in [5.41, 5.74) is 0. The lowest BCUT2D eigenvalue weighted by Crippen LogP contribution is -2.09. The van der Waals surface area contributed by atoms with E-state index in [1.165, 1.54) is 25.6 Å². The van der Waals surface area contributed by atoms with Gasteiger partial charge < -0.3 is 14.2 Å². The van der Waals surface area contributed by atoms with Crippen molar-refractivity contribution in [3.05, 3.63) is 28.1 Å². The normalized spacial score (nSPS) is 10.4. The van der Waals surface area contributed by atoms with Crippen LogP contribution in [-0.2, 0) is 14.3 Å². The van der Waals surface area contributed by atoms with E-state index < -0.39 is 5.97 Å². The molecule has 0 N–H and O–H groups in total. The van der Waals surface area contributed by atoms with Gasteiger partial charge in [-0.25, -0.2) is 4.79 Å². The van der Waals surface area contributed by atoms with Gasteiger partial charge in [0.25, 0.3) is 0 Å². The smallest absolute Gasteiger partial charge is 0.351 e. The number of fused-ring (bicyclic) bond motifs is 1. The maximum atomic E-state index is 11.8. The molecule has 0 saturated carbocycles. The number of carbonyl (C=O) groups excluding carboxylic acids is 2. The Morgan fingerprint density at radius 3 is 2.67 bits per heavy atom. The van der Waals surface area contributed by atoms with Crippen LogP contribution in [0.2, 0.25) is 5.02 Å². The third-order valence-electron chi connectivity index (χ3n) is 2.76. The van der Waals surface area contributed by atoms with Gasteiger partial charge in [0.05, 0.1) is 27.2 Å². The summed E-state index contributed by atoms with van der Waals surface area (Å²) in [5, 5.41) is 1.33. The van der Waals surface area contributed by atoms with Crippen molar-refractivity contribution in [1.29, 1.82) is 0 Å². The Balaban J connectivity index is 2.34. The largest absolute Gasteiger partial charge is 0.491 e. The second kappa shape index (κ2) is 6.78. The Bertz CT molecular complexity index is 679. The van der Waals surface area contributed by atoms with E-state index in [-0.39, 0.29) is 19.0 Å². The summed E-state index contributed by atoms with van der Waals surface area (Å²) in [4.78, 5) is 23.3. The molecule has 0 unspecified atom stereocenters. The van der Waals surface area contributed by atoms with Crippen LogP contribution in [0.15, 0.2) is 18.2 Å². The molecular weight excluding hydrogens is 316 g/mol. The van der Waals surface area contributed by atoms with Gasteiger partial charge in [0.2, 0.25) is 0 Å². The quantitative estimate of drug-likeness (QED) is 0.788. The van der Waals surface area contributed by atoms with Gasteiger partial charge in [-0.1, -0.05) is 11.6 Å². The van der Waals surface area contributed by atoms with E-state index in [1.54, 1.807) is 18.2 Å². The number of ether oxygens (including phenoxy) is 3. The molecular formula is C14H13ClO5S. The summed E-state index contributed by atoms with van der Waals surface area (Å²) in [6.45, 7) is 0.116. The molecule has 2 aromatic rings. The van der Waals surface area contributed by atoms with E-state index in [4.69, 9.17) is 21.1 Å². The van der Waals surface area contributed by atoms with Crippen LogP contribution in [0.1, 0.15) is 16.1 Å². The highest BCUT2D eigenvalue weighted by molar-refractivity contribution is 7.21. The topological polar surface area (TPSA) is 61.8 Å². The number of rotatable bonds is 5. The van der Waals surface area contributed by atoms with Crippen molar-refractivity contribution in [2.75, 3.05) is 20.8 Å². The van der Waals surface area contributed by atoms with Gasteiger partial charge >= 0.3 is 11.9 Å². The van der Waals surface area contributed by atoms with Crippen molar-refractivity contribution in [3.63, 3.8) is 0 Å². The zero-order valence-electron chi connectivity index (χ0n) is 11.5. The van der Waals surface area contributed by atoms with Gasteiger partial charge in [-0.15, -0.1) is 11.3 Å². The van der Waals surface area contributed by atoms with Crippen LogP contribution in [0.25, 0.3) is 10.1 Å². The fraction of sp³-hybridized carbons (Fsp3) is 0.286. The Kier molecular flexibility index (Phi) is 5.03. The first-order valence-corrected chi connectivity index (χ1v) is 7.26. The Labute approximate surface area is 130 Å². The van der Waals surface area contributed by atoms with Crippen LogP contribution in [0.5, 0.6) is 5.75 Å². The molecule has 112 valence electrons. The molecule has 0 spiro atoms. The molecule has 0 fully saturated rings. The molecule has 2 rings (SSSR count). The van der Waals surface area contributed by atoms with Crippen LogP contribution in [0.3, 0.4) is 0 Å². The van der Waals surface area contributed by atoms with E-state index >= 15 is 0 Å². The zero-order chi connectivity index (χ0) is 15.4. The van der Waals surface area contributed by atoms with Crippen LogP contribution in [0, 0.1) is 0 Å². The highest BCUT2D eigenvalue weighted by Gasteiger charge is 2.21. The summed E-state index contributed by atoms with van der Waals surface area (Å²) in [6.07, 6.45) is 0.0992. The molecule has 5 nitrogen and oxygen atoms in total. The first kappa shape index (κ1) is 15.6. The van der Waals surface area contributed by atoms with Gasteiger partial charge in [-0.05, 0) is 18.2 Å². The first-order chi connectivity index (χ1) is 10.1. The second-order valence-corrected chi connectivity index (χ2v) is 5.56. The van der Waals surface area contributed by atoms with Crippen LogP contribution in [-0.4, -0.2) is 32.8 Å². The molecule has 0 aliphatic heterocycles. The lowest BCUT2D eigenvalue weighted by atomic mass is 10.2. The predicted octanol–water partition coefficient (Wildman–Crippen LogP) is 3.28. The summed E-state index contributed by atoms with van der Waals surface area (Å²) in [7, 11) is 2.61. The zero-order valence-corrected chi connectivity index (χ0v) is 13.0. The molecule has 0 saturated heterocycles. The second-order valence-electron chi connectivity index (χ2n) is 4.07. The average Bonchev–Trinajstić information content (AvgIpc) is 2.84. The summed E-state index contributed by atoms with van der Waals surface area (Å²) >= 11 is 7.18. The Morgan fingerprint density at radius 2 is 2.00 bits per heavy atom. The minimum atomic E-state index is -0.486. The third kappa shape index (κ3) is 3.46. The molecule has 0 radical (unpaired) electrons. The Morgan fingerprint density at radius 1 is 1.24 bits per heavy atom. The van der Waals surface area contributed by atoms with Crippen molar-refractivity contribution < 1.29 is 23.8 Å². The molecule has 7 heteroatoms. The van der Waals surface area contributed by atoms with E-state index in [0.29, 0.717) is 15.6 Å². The van der Waals surface area contributed by atoms with Gasteiger partial charge in [0.1, 0.15) is 0 Å². The lowest BCUT2D eigenvalue weighted by Gasteiger charge is -2.06. The van der Waals surface area contributed by atoms with Gasteiger partial charge in [0.15, 0.2) is 10.6 Å². The molecule has 1 aromatic carbocycles. The molecule has 1 heterocycles. The monoisotopic (exact) mass is 328 g/mol. The molecule has 0 aliphatic carbocycles. The van der Waals surface area contributed by atoms with Crippen molar-refractivity contribution in [1.82, 2.24) is 0 Å². The summed E-state index contributed by atoms with van der Waals surface area (Å²) in [6, 6.07) is 5.24. The minimum Gasteiger partial charge on any atom is -0.491 e. The number of carbonyl (C=O) groups is 2. The molecule has 0 aliphatic rings. The lowest BCUT2D eigenvalue weighted by molar-refractivity contribution is -0.141. The van der Waals surface area contributed by atoms with E-state index in [1.807, 2.05) is 0 Å². The van der Waals surface area contributed by atoms with E-state index in [0.717, 1.165) is 10.1 Å². The number of esters is 2. The summed E-state index contributed by atoms with van der Waals surface area (Å²) in [5.74, 6) is -0.458. The molecule has 0 bridgehead atoms. The van der Waals surface area contributed by atoms with Crippen LogP contribution >= 0.6 is 22.9 Å². The van der Waals surface area contributed by atoms with Crippen LogP contribution < -0.4 is 4.74 Å². The SMILES string of the molecule is COC(=O)CCOc1c(C(=O)OC)sc2cc(Cl)ccc12. The van der Waals surface area contributed by atoms with Crippen LogP contribution in [0.4, 0.5) is 0 Å². The van der Waals surface area contributed by atoms with Crippen molar-refractivity contribution in [3.8, 4) is 5.75 Å². The molecule has 0 amide bonds. The standard InChI is InChI=1S/C14H13ClO5S/c1-18-11(16)5-6-20-12-9-4-3-8(15)7-10(9)21-13(12)14(17)19-2/h3-4,7H,5-6H2,1-2H3. The summed E-state index contributed by atoms with van der Waals surface area (Å²) < 4.78 is 15.7. The maximum absolute atomic E-state index is 11.8. The highest BCUT2D eigenvalue weighted by Crippen LogP contribution is 2.39. The number of halogens is 1. The van der Waals surface area contributed by atoms with Crippen molar-refractivity contribution in [2.45, 2.75) is 6.42 Å². The predicted molar refractivity (Wildman–Crippen MR) is 80.3 cm³/mol. The van der Waals surface area contributed by atoms with Gasteiger partial charge in [0, 0.05) is 15.1 Å². The molecule has 21 heavy (non-hydrogen) atoms. The fourth-order valence-corrected chi connectivity index (χ4v) is 3.10. The minimum absolute atomic E-state index is 0.0992. The average molecular weight is 329 g/mol. The number of hydrogen-bond acceptors (Lipinski definition) is 6. The Hall–Kier alpha value is -1.79. The van der Waals surface area contributed by atoms with E-state index in [9.17, 15) is 9.59 Å². The number of methoxy groups -OCH3 is 2. The molecule has 1 aromatic heterocycles. The van der Waals surface area contributed by atoms with Crippen molar-refractivity contribution in [2.24, 2.45) is 0 Å². The van der Waals surface area contributed by atoms with E-state index in [2.05, 4.69) is 4.74 Å². The first-order valence-electron chi connectivity index (χ1n) is 6.06. The molecule has 0 atom stereocenters. The highest BCUT2D eigenvalue weighted by atomic mass is 35.5.